The molecule has 90 valence electrons. The van der Waals surface area contributed by atoms with E-state index in [9.17, 15) is 0 Å². The Morgan fingerprint density at radius 2 is 2.29 bits per heavy atom. The van der Waals surface area contributed by atoms with Crippen molar-refractivity contribution >= 4 is 22.5 Å². The smallest absolute Gasteiger partial charge is 0.0491 e. The van der Waals surface area contributed by atoms with Gasteiger partial charge in [-0.3, -0.25) is 4.90 Å². The van der Waals surface area contributed by atoms with Crippen LogP contribution in [0, 0.1) is 0 Å². The van der Waals surface area contributed by atoms with Gasteiger partial charge in [0, 0.05) is 47.8 Å². The van der Waals surface area contributed by atoms with E-state index in [1.165, 1.54) is 10.9 Å². The van der Waals surface area contributed by atoms with Crippen LogP contribution >= 0.6 is 11.6 Å². The highest BCUT2D eigenvalue weighted by Gasteiger charge is 2.22. The number of benzene rings is 1. The normalized spacial score (nSPS) is 22.1. The van der Waals surface area contributed by atoms with Gasteiger partial charge in [0.25, 0.3) is 0 Å². The Morgan fingerprint density at radius 3 is 3.12 bits per heavy atom. The van der Waals surface area contributed by atoms with E-state index >= 15 is 0 Å². The molecule has 1 aromatic heterocycles. The second-order valence-electron chi connectivity index (χ2n) is 4.63. The average molecular weight is 250 g/mol. The van der Waals surface area contributed by atoms with Crippen molar-refractivity contribution in [3.05, 3.63) is 35.0 Å². The summed E-state index contributed by atoms with van der Waals surface area (Å²) in [6, 6.07) is 6.48. The summed E-state index contributed by atoms with van der Waals surface area (Å²) >= 11 is 6.00. The van der Waals surface area contributed by atoms with E-state index in [1.807, 2.05) is 12.1 Å². The molecule has 0 aliphatic carbocycles. The molecule has 4 heteroatoms. The van der Waals surface area contributed by atoms with Gasteiger partial charge in [-0.05, 0) is 24.7 Å². The van der Waals surface area contributed by atoms with E-state index in [0.29, 0.717) is 6.04 Å². The maximum absolute atomic E-state index is 6.00. The van der Waals surface area contributed by atoms with Gasteiger partial charge in [-0.2, -0.15) is 0 Å². The predicted molar refractivity (Wildman–Crippen MR) is 71.5 cm³/mol. The number of halogens is 1. The van der Waals surface area contributed by atoms with E-state index in [1.54, 1.807) is 0 Å². The molecule has 0 radical (unpaired) electrons. The fourth-order valence-electron chi connectivity index (χ4n) is 2.55. The predicted octanol–water partition coefficient (Wildman–Crippen LogP) is 2.40. The summed E-state index contributed by atoms with van der Waals surface area (Å²) in [5.41, 5.74) is 2.47. The Morgan fingerprint density at radius 1 is 1.41 bits per heavy atom. The minimum Gasteiger partial charge on any atom is -0.361 e. The fourth-order valence-corrected chi connectivity index (χ4v) is 2.72. The van der Waals surface area contributed by atoms with Crippen molar-refractivity contribution in [2.75, 3.05) is 26.7 Å². The summed E-state index contributed by atoms with van der Waals surface area (Å²) in [6.45, 7) is 3.16. The molecule has 0 bridgehead atoms. The molecule has 0 spiro atoms. The maximum atomic E-state index is 6.00. The molecule has 1 atom stereocenters. The van der Waals surface area contributed by atoms with Crippen molar-refractivity contribution in [1.82, 2.24) is 15.2 Å². The minimum atomic E-state index is 0.443. The number of aromatic nitrogens is 1. The standard InChI is InChI=1S/C13H16ClN3/c1-17-5-4-15-8-13(17)11-7-16-12-6-9(14)2-3-10(11)12/h2-3,6-7,13,15-16H,4-5,8H2,1H3. The van der Waals surface area contributed by atoms with Gasteiger partial charge in [-0.15, -0.1) is 0 Å². The first-order chi connectivity index (χ1) is 8.25. The molecule has 1 aliphatic rings. The zero-order valence-corrected chi connectivity index (χ0v) is 10.6. The van der Waals surface area contributed by atoms with Crippen LogP contribution in [0.5, 0.6) is 0 Å². The number of hydrogen-bond acceptors (Lipinski definition) is 2. The highest BCUT2D eigenvalue weighted by molar-refractivity contribution is 6.31. The summed E-state index contributed by atoms with van der Waals surface area (Å²) < 4.78 is 0. The first kappa shape index (κ1) is 11.1. The molecule has 1 aliphatic heterocycles. The number of rotatable bonds is 1. The second-order valence-corrected chi connectivity index (χ2v) is 5.07. The number of H-pyrrole nitrogens is 1. The van der Waals surface area contributed by atoms with Crippen LogP contribution in [-0.2, 0) is 0 Å². The average Bonchev–Trinajstić information content (AvgIpc) is 2.72. The number of aromatic amines is 1. The Balaban J connectivity index is 2.05. The van der Waals surface area contributed by atoms with Gasteiger partial charge in [0.1, 0.15) is 0 Å². The zero-order chi connectivity index (χ0) is 11.8. The molecule has 1 unspecified atom stereocenters. The van der Waals surface area contributed by atoms with Gasteiger partial charge in [0.2, 0.25) is 0 Å². The first-order valence-corrected chi connectivity index (χ1v) is 6.31. The van der Waals surface area contributed by atoms with Gasteiger partial charge < -0.3 is 10.3 Å². The summed E-state index contributed by atoms with van der Waals surface area (Å²) in [4.78, 5) is 5.70. The van der Waals surface area contributed by atoms with Gasteiger partial charge >= 0.3 is 0 Å². The molecule has 2 N–H and O–H groups in total. The third-order valence-electron chi connectivity index (χ3n) is 3.55. The number of piperazine rings is 1. The molecule has 2 aromatic rings. The zero-order valence-electron chi connectivity index (χ0n) is 9.83. The van der Waals surface area contributed by atoms with E-state index in [-0.39, 0.29) is 0 Å². The molecule has 17 heavy (non-hydrogen) atoms. The molecule has 3 nitrogen and oxygen atoms in total. The lowest BCUT2D eigenvalue weighted by Gasteiger charge is -2.33. The van der Waals surface area contributed by atoms with Crippen LogP contribution in [0.15, 0.2) is 24.4 Å². The molecule has 0 saturated carbocycles. The van der Waals surface area contributed by atoms with Crippen LogP contribution in [0.1, 0.15) is 11.6 Å². The van der Waals surface area contributed by atoms with Crippen molar-refractivity contribution < 1.29 is 0 Å². The van der Waals surface area contributed by atoms with E-state index in [0.717, 1.165) is 30.2 Å². The van der Waals surface area contributed by atoms with Crippen molar-refractivity contribution in [2.45, 2.75) is 6.04 Å². The van der Waals surface area contributed by atoms with Gasteiger partial charge in [0.05, 0.1) is 0 Å². The lowest BCUT2D eigenvalue weighted by atomic mass is 10.0. The van der Waals surface area contributed by atoms with Gasteiger partial charge in [-0.25, -0.2) is 0 Å². The van der Waals surface area contributed by atoms with Crippen LogP contribution < -0.4 is 5.32 Å². The first-order valence-electron chi connectivity index (χ1n) is 5.93. The highest BCUT2D eigenvalue weighted by Crippen LogP contribution is 2.29. The molecule has 3 rings (SSSR count). The van der Waals surface area contributed by atoms with Crippen LogP contribution in [0.3, 0.4) is 0 Å². The number of nitrogens with one attached hydrogen (secondary N) is 2. The molecule has 1 aromatic carbocycles. The maximum Gasteiger partial charge on any atom is 0.0491 e. The van der Waals surface area contributed by atoms with Crippen molar-refractivity contribution in [3.8, 4) is 0 Å². The van der Waals surface area contributed by atoms with Crippen molar-refractivity contribution in [2.24, 2.45) is 0 Å². The number of likely N-dealkylation sites (N-methyl/N-ethyl adjacent to an activating group) is 1. The molecular formula is C13H16ClN3. The molecule has 0 amide bonds. The third kappa shape index (κ3) is 1.95. The molecule has 2 heterocycles. The van der Waals surface area contributed by atoms with Crippen molar-refractivity contribution in [3.63, 3.8) is 0 Å². The minimum absolute atomic E-state index is 0.443. The SMILES string of the molecule is CN1CCNCC1c1c[nH]c2cc(Cl)ccc12. The third-order valence-corrected chi connectivity index (χ3v) is 3.78. The van der Waals surface area contributed by atoms with Crippen LogP contribution in [0.2, 0.25) is 5.02 Å². The number of hydrogen-bond donors (Lipinski definition) is 2. The van der Waals surface area contributed by atoms with Crippen LogP contribution in [0.4, 0.5) is 0 Å². The van der Waals surface area contributed by atoms with Crippen LogP contribution in [-0.4, -0.2) is 36.6 Å². The molecule has 1 saturated heterocycles. The highest BCUT2D eigenvalue weighted by atomic mass is 35.5. The molecule has 1 fully saturated rings. The lowest BCUT2D eigenvalue weighted by Crippen LogP contribution is -2.43. The van der Waals surface area contributed by atoms with Gasteiger partial charge in [-0.1, -0.05) is 17.7 Å². The monoisotopic (exact) mass is 249 g/mol. The van der Waals surface area contributed by atoms with E-state index < -0.39 is 0 Å². The second kappa shape index (κ2) is 4.33. The fraction of sp³-hybridized carbons (Fsp3) is 0.385. The Kier molecular flexibility index (Phi) is 2.82. The van der Waals surface area contributed by atoms with Crippen LogP contribution in [0.25, 0.3) is 10.9 Å². The quantitative estimate of drug-likeness (QED) is 0.813. The summed E-state index contributed by atoms with van der Waals surface area (Å²) in [7, 11) is 2.18. The summed E-state index contributed by atoms with van der Waals surface area (Å²) in [5, 5.41) is 5.50. The largest absolute Gasteiger partial charge is 0.361 e. The number of fused-ring (bicyclic) bond motifs is 1. The van der Waals surface area contributed by atoms with E-state index in [2.05, 4.69) is 34.5 Å². The summed E-state index contributed by atoms with van der Waals surface area (Å²) in [6.07, 6.45) is 2.11. The lowest BCUT2D eigenvalue weighted by molar-refractivity contribution is 0.203. The van der Waals surface area contributed by atoms with Crippen molar-refractivity contribution in [1.29, 1.82) is 0 Å². The Labute approximate surface area is 106 Å². The van der Waals surface area contributed by atoms with Gasteiger partial charge in [0.15, 0.2) is 0 Å². The van der Waals surface area contributed by atoms with E-state index in [4.69, 9.17) is 11.6 Å². The Bertz CT molecular complexity index is 534. The topological polar surface area (TPSA) is 31.1 Å². The summed E-state index contributed by atoms with van der Waals surface area (Å²) in [5.74, 6) is 0. The number of nitrogens with zero attached hydrogens (tertiary/aromatic N) is 1. The molecular weight excluding hydrogens is 234 g/mol. The Hall–Kier alpha value is -1.03.